The van der Waals surface area contributed by atoms with Gasteiger partial charge in [0.05, 0.1) is 16.5 Å². The van der Waals surface area contributed by atoms with E-state index in [0.29, 0.717) is 36.4 Å². The molecule has 0 saturated carbocycles. The van der Waals surface area contributed by atoms with E-state index in [1.165, 1.54) is 10.4 Å². The molecule has 0 bridgehead atoms. The molecular formula is C24H29N3O5S. The Morgan fingerprint density at radius 2 is 1.94 bits per heavy atom. The van der Waals surface area contributed by atoms with Crippen molar-refractivity contribution >= 4 is 33.2 Å². The van der Waals surface area contributed by atoms with Crippen molar-refractivity contribution in [3.8, 4) is 5.75 Å². The number of carbonyl (C=O) groups is 2. The van der Waals surface area contributed by atoms with Crippen LogP contribution in [0.5, 0.6) is 5.75 Å². The fourth-order valence-electron chi connectivity index (χ4n) is 4.26. The fourth-order valence-corrected chi connectivity index (χ4v) is 6.00. The maximum absolute atomic E-state index is 13.5. The summed E-state index contributed by atoms with van der Waals surface area (Å²) in [5.41, 5.74) is 3.79. The van der Waals surface area contributed by atoms with Crippen LogP contribution < -0.4 is 15.4 Å². The molecule has 2 aliphatic heterocycles. The van der Waals surface area contributed by atoms with E-state index in [1.54, 1.807) is 19.9 Å². The summed E-state index contributed by atoms with van der Waals surface area (Å²) >= 11 is 0. The summed E-state index contributed by atoms with van der Waals surface area (Å²) in [4.78, 5) is 25.0. The predicted molar refractivity (Wildman–Crippen MR) is 126 cm³/mol. The number of piperidine rings is 1. The normalized spacial score (nSPS) is 21.0. The highest BCUT2D eigenvalue weighted by Crippen LogP contribution is 2.36. The van der Waals surface area contributed by atoms with Crippen LogP contribution in [0.25, 0.3) is 0 Å². The van der Waals surface area contributed by atoms with Crippen molar-refractivity contribution in [2.75, 3.05) is 23.7 Å². The van der Waals surface area contributed by atoms with Crippen molar-refractivity contribution in [1.29, 1.82) is 0 Å². The van der Waals surface area contributed by atoms with Crippen LogP contribution in [-0.4, -0.2) is 43.7 Å². The van der Waals surface area contributed by atoms with E-state index < -0.39 is 22.0 Å². The van der Waals surface area contributed by atoms with Crippen molar-refractivity contribution in [1.82, 2.24) is 4.31 Å². The Balaban J connectivity index is 1.55. The lowest BCUT2D eigenvalue weighted by molar-refractivity contribution is -0.123. The molecule has 2 heterocycles. The van der Waals surface area contributed by atoms with Crippen LogP contribution in [0.15, 0.2) is 35.2 Å². The van der Waals surface area contributed by atoms with Crippen LogP contribution in [-0.2, 0) is 19.6 Å². The second kappa shape index (κ2) is 8.79. The number of benzene rings is 2. The Hall–Kier alpha value is -2.91. The van der Waals surface area contributed by atoms with Crippen LogP contribution in [0, 0.1) is 26.7 Å². The van der Waals surface area contributed by atoms with Crippen molar-refractivity contribution < 1.29 is 22.7 Å². The number of aryl methyl sites for hydroxylation is 2. The van der Waals surface area contributed by atoms with Gasteiger partial charge in [-0.25, -0.2) is 8.42 Å². The van der Waals surface area contributed by atoms with Crippen molar-refractivity contribution in [3.63, 3.8) is 0 Å². The summed E-state index contributed by atoms with van der Waals surface area (Å²) in [6.07, 6.45) is 0.514. The number of anilines is 2. The maximum atomic E-state index is 13.5. The molecule has 0 aromatic heterocycles. The molecule has 2 aliphatic rings. The molecule has 9 heteroatoms. The smallest absolute Gasteiger partial charge is 0.265 e. The average Bonchev–Trinajstić information content (AvgIpc) is 2.77. The van der Waals surface area contributed by atoms with E-state index in [4.69, 9.17) is 4.74 Å². The minimum Gasteiger partial charge on any atom is -0.479 e. The minimum absolute atomic E-state index is 0.115. The van der Waals surface area contributed by atoms with Crippen LogP contribution >= 0.6 is 0 Å². The first kappa shape index (κ1) is 23.3. The van der Waals surface area contributed by atoms with Gasteiger partial charge >= 0.3 is 0 Å². The van der Waals surface area contributed by atoms with Crippen molar-refractivity contribution in [2.24, 2.45) is 5.92 Å². The molecule has 33 heavy (non-hydrogen) atoms. The van der Waals surface area contributed by atoms with E-state index in [9.17, 15) is 18.0 Å². The summed E-state index contributed by atoms with van der Waals surface area (Å²) in [7, 11) is -3.85. The van der Waals surface area contributed by atoms with E-state index in [-0.39, 0.29) is 23.3 Å². The molecule has 1 saturated heterocycles. The topological polar surface area (TPSA) is 105 Å². The third-order valence-electron chi connectivity index (χ3n) is 6.44. The number of hydrogen-bond donors (Lipinski definition) is 2. The highest BCUT2D eigenvalue weighted by molar-refractivity contribution is 7.89. The summed E-state index contributed by atoms with van der Waals surface area (Å²) in [5, 5.41) is 5.71. The number of amides is 2. The van der Waals surface area contributed by atoms with Gasteiger partial charge in [-0.2, -0.15) is 4.31 Å². The summed E-state index contributed by atoms with van der Waals surface area (Å²) in [5.74, 6) is -0.564. The Kier molecular flexibility index (Phi) is 6.20. The van der Waals surface area contributed by atoms with Gasteiger partial charge < -0.3 is 15.4 Å². The molecule has 8 nitrogen and oxygen atoms in total. The van der Waals surface area contributed by atoms with Gasteiger partial charge in [0.25, 0.3) is 5.91 Å². The molecule has 2 aromatic carbocycles. The lowest BCUT2D eigenvalue weighted by Crippen LogP contribution is -2.44. The quantitative estimate of drug-likeness (QED) is 0.711. The molecule has 2 atom stereocenters. The van der Waals surface area contributed by atoms with Crippen LogP contribution in [0.2, 0.25) is 0 Å². The van der Waals surface area contributed by atoms with E-state index in [2.05, 4.69) is 10.6 Å². The molecule has 2 amide bonds. The number of hydrogen-bond acceptors (Lipinski definition) is 5. The first-order chi connectivity index (χ1) is 15.6. The molecule has 0 radical (unpaired) electrons. The molecule has 2 unspecified atom stereocenters. The Bertz CT molecular complexity index is 1220. The van der Waals surface area contributed by atoms with Gasteiger partial charge in [-0.05, 0) is 69.4 Å². The van der Waals surface area contributed by atoms with Gasteiger partial charge in [-0.3, -0.25) is 9.59 Å². The van der Waals surface area contributed by atoms with Crippen molar-refractivity contribution in [3.05, 3.63) is 47.0 Å². The first-order valence-corrected chi connectivity index (χ1v) is 12.5. The predicted octanol–water partition coefficient (Wildman–Crippen LogP) is 3.37. The zero-order valence-corrected chi connectivity index (χ0v) is 20.1. The zero-order chi connectivity index (χ0) is 23.9. The number of nitrogens with zero attached hydrogens (tertiary/aromatic N) is 1. The Labute approximate surface area is 194 Å². The molecule has 176 valence electrons. The average molecular weight is 472 g/mol. The maximum Gasteiger partial charge on any atom is 0.265 e. The lowest BCUT2D eigenvalue weighted by Gasteiger charge is -2.32. The Morgan fingerprint density at radius 1 is 1.18 bits per heavy atom. The van der Waals surface area contributed by atoms with Gasteiger partial charge in [0.15, 0.2) is 6.10 Å². The second-order valence-electron chi connectivity index (χ2n) is 8.80. The summed E-state index contributed by atoms with van der Waals surface area (Å²) in [6, 6.07) is 8.81. The fraction of sp³-hybridized carbons (Fsp3) is 0.417. The zero-order valence-electron chi connectivity index (χ0n) is 19.3. The number of fused-ring (bicyclic) bond motifs is 1. The monoisotopic (exact) mass is 471 g/mol. The number of ether oxygens (including phenoxy) is 1. The van der Waals surface area contributed by atoms with Gasteiger partial charge in [0, 0.05) is 24.8 Å². The van der Waals surface area contributed by atoms with E-state index >= 15 is 0 Å². The molecule has 2 aromatic rings. The standard InChI is InChI=1S/C24H29N3O5S/c1-14-7-5-9-19(16(14)3)25-24(29)18-8-6-10-27(13-18)33(30,31)22-12-21-20(11-15(22)2)26-23(28)17(4)32-21/h5,7,9,11-12,17-18H,6,8,10,13H2,1-4H3,(H,25,29)(H,26,28). The van der Waals surface area contributed by atoms with Crippen LogP contribution in [0.3, 0.4) is 0 Å². The number of sulfonamides is 1. The van der Waals surface area contributed by atoms with E-state index in [1.807, 2.05) is 32.0 Å². The number of nitrogens with one attached hydrogen (secondary N) is 2. The van der Waals surface area contributed by atoms with E-state index in [0.717, 1.165) is 16.8 Å². The van der Waals surface area contributed by atoms with Crippen molar-refractivity contribution in [2.45, 2.75) is 51.5 Å². The van der Waals surface area contributed by atoms with Gasteiger partial charge in [0.2, 0.25) is 15.9 Å². The SMILES string of the molecule is Cc1cc2c(cc1S(=O)(=O)N1CCCC(C(=O)Nc3cccc(C)c3C)C1)OC(C)C(=O)N2. The third-order valence-corrected chi connectivity index (χ3v) is 8.45. The summed E-state index contributed by atoms with van der Waals surface area (Å²) in [6.45, 7) is 7.69. The highest BCUT2D eigenvalue weighted by Gasteiger charge is 2.35. The van der Waals surface area contributed by atoms with Crippen LogP contribution in [0.1, 0.15) is 36.5 Å². The summed E-state index contributed by atoms with van der Waals surface area (Å²) < 4.78 is 34.0. The molecular weight excluding hydrogens is 442 g/mol. The van der Waals surface area contributed by atoms with Gasteiger partial charge in [0.1, 0.15) is 5.75 Å². The largest absolute Gasteiger partial charge is 0.479 e. The van der Waals surface area contributed by atoms with Gasteiger partial charge in [-0.15, -0.1) is 0 Å². The number of rotatable bonds is 4. The minimum atomic E-state index is -3.85. The Morgan fingerprint density at radius 3 is 2.70 bits per heavy atom. The molecule has 1 fully saturated rings. The molecule has 0 aliphatic carbocycles. The van der Waals surface area contributed by atoms with Crippen LogP contribution in [0.4, 0.5) is 11.4 Å². The molecule has 4 rings (SSSR count). The highest BCUT2D eigenvalue weighted by atomic mass is 32.2. The second-order valence-corrected chi connectivity index (χ2v) is 10.7. The first-order valence-electron chi connectivity index (χ1n) is 11.1. The molecule has 2 N–H and O–H groups in total. The van der Waals surface area contributed by atoms with Gasteiger partial charge in [-0.1, -0.05) is 12.1 Å². The third kappa shape index (κ3) is 4.47. The molecule has 0 spiro atoms. The number of carbonyl (C=O) groups excluding carboxylic acids is 2. The lowest BCUT2D eigenvalue weighted by atomic mass is 9.98.